The molecule has 1 aromatic heterocycles. The lowest BCUT2D eigenvalue weighted by molar-refractivity contribution is 0.392. The van der Waals surface area contributed by atoms with Crippen molar-refractivity contribution in [3.63, 3.8) is 0 Å². The number of nitriles is 1. The van der Waals surface area contributed by atoms with Crippen molar-refractivity contribution in [1.29, 1.82) is 5.26 Å². The Balaban J connectivity index is 2.90. The summed E-state index contributed by atoms with van der Waals surface area (Å²) >= 11 is 1.37. The molecule has 0 N–H and O–H groups in total. The second kappa shape index (κ2) is 3.28. The van der Waals surface area contributed by atoms with Crippen molar-refractivity contribution in [2.45, 2.75) is 0 Å². The summed E-state index contributed by atoms with van der Waals surface area (Å²) < 4.78 is 19.0. The highest BCUT2D eigenvalue weighted by Gasteiger charge is 2.13. The predicted molar refractivity (Wildman–Crippen MR) is 53.1 cm³/mol. The molecule has 0 aliphatic heterocycles. The molecule has 0 atom stereocenters. The summed E-state index contributed by atoms with van der Waals surface area (Å²) in [4.78, 5) is 0. The zero-order valence-corrected chi connectivity index (χ0v) is 8.19. The number of benzene rings is 1. The molecular weight excluding hydrogens is 201 g/mol. The molecule has 1 heterocycles. The third-order valence-electron chi connectivity index (χ3n) is 1.97. The van der Waals surface area contributed by atoms with Crippen molar-refractivity contribution < 1.29 is 9.13 Å². The number of nitrogens with zero attached hydrogens (tertiary/aromatic N) is 1. The quantitative estimate of drug-likeness (QED) is 0.720. The number of methoxy groups -OCH3 is 1. The van der Waals surface area contributed by atoms with Gasteiger partial charge in [0.25, 0.3) is 0 Å². The minimum absolute atomic E-state index is 0.217. The van der Waals surface area contributed by atoms with Crippen LogP contribution in [0.3, 0.4) is 0 Å². The van der Waals surface area contributed by atoms with Gasteiger partial charge in [-0.15, -0.1) is 11.3 Å². The van der Waals surface area contributed by atoms with E-state index in [9.17, 15) is 4.39 Å². The maximum atomic E-state index is 13.4. The molecule has 0 unspecified atom stereocenters. The van der Waals surface area contributed by atoms with Gasteiger partial charge in [-0.05, 0) is 17.5 Å². The van der Waals surface area contributed by atoms with Crippen molar-refractivity contribution in [3.05, 3.63) is 28.9 Å². The summed E-state index contributed by atoms with van der Waals surface area (Å²) in [5.41, 5.74) is 0.347. The van der Waals surface area contributed by atoms with Crippen LogP contribution < -0.4 is 4.74 Å². The van der Waals surface area contributed by atoms with Gasteiger partial charge in [0.15, 0.2) is 11.6 Å². The average molecular weight is 207 g/mol. The minimum Gasteiger partial charge on any atom is -0.492 e. The van der Waals surface area contributed by atoms with Gasteiger partial charge in [0, 0.05) is 5.39 Å². The zero-order chi connectivity index (χ0) is 10.1. The van der Waals surface area contributed by atoms with Crippen LogP contribution in [-0.4, -0.2) is 7.11 Å². The Kier molecular flexibility index (Phi) is 2.10. The van der Waals surface area contributed by atoms with Crippen LogP contribution in [0.2, 0.25) is 0 Å². The number of hydrogen-bond donors (Lipinski definition) is 0. The molecule has 70 valence electrons. The van der Waals surface area contributed by atoms with E-state index < -0.39 is 5.82 Å². The van der Waals surface area contributed by atoms with Gasteiger partial charge >= 0.3 is 0 Å². The first-order valence-corrected chi connectivity index (χ1v) is 4.79. The number of halogens is 1. The average Bonchev–Trinajstić information content (AvgIpc) is 2.65. The molecule has 0 aliphatic carbocycles. The molecule has 2 rings (SSSR count). The molecule has 14 heavy (non-hydrogen) atoms. The Morgan fingerprint density at radius 3 is 3.00 bits per heavy atom. The maximum Gasteiger partial charge on any atom is 0.172 e. The molecular formula is C10H6FNOS. The Hall–Kier alpha value is -1.60. The maximum absolute atomic E-state index is 13.4. The lowest BCUT2D eigenvalue weighted by Gasteiger charge is -2.03. The molecule has 2 nitrogen and oxygen atoms in total. The highest BCUT2D eigenvalue weighted by molar-refractivity contribution is 7.17. The highest BCUT2D eigenvalue weighted by Crippen LogP contribution is 2.35. The molecule has 2 aromatic rings. The van der Waals surface area contributed by atoms with Crippen LogP contribution in [0, 0.1) is 17.1 Å². The van der Waals surface area contributed by atoms with Crippen LogP contribution in [0.4, 0.5) is 4.39 Å². The number of hydrogen-bond acceptors (Lipinski definition) is 3. The van der Waals surface area contributed by atoms with Crippen LogP contribution in [0.15, 0.2) is 17.5 Å². The molecule has 0 bridgehead atoms. The summed E-state index contributed by atoms with van der Waals surface area (Å²) in [5, 5.41) is 11.3. The molecule has 0 amide bonds. The van der Waals surface area contributed by atoms with Crippen molar-refractivity contribution in [1.82, 2.24) is 0 Å². The SMILES string of the molecule is COc1c(F)cc(C#N)c2ccsc12. The number of ether oxygens (including phenoxy) is 1. The molecule has 0 saturated heterocycles. The van der Waals surface area contributed by atoms with E-state index in [2.05, 4.69) is 0 Å². The molecule has 0 spiro atoms. The van der Waals surface area contributed by atoms with Gasteiger partial charge in [-0.3, -0.25) is 0 Å². The van der Waals surface area contributed by atoms with E-state index >= 15 is 0 Å². The van der Waals surface area contributed by atoms with Crippen LogP contribution in [0.5, 0.6) is 5.75 Å². The standard InChI is InChI=1S/C10H6FNOS/c1-13-9-8(11)4-6(5-12)7-2-3-14-10(7)9/h2-4H,1H3. The predicted octanol–water partition coefficient (Wildman–Crippen LogP) is 2.92. The van der Waals surface area contributed by atoms with Crippen molar-refractivity contribution in [2.75, 3.05) is 7.11 Å². The summed E-state index contributed by atoms with van der Waals surface area (Å²) in [5.74, 6) is -0.270. The molecule has 1 aromatic carbocycles. The molecule has 0 saturated carbocycles. The van der Waals surface area contributed by atoms with Gasteiger partial charge < -0.3 is 4.74 Å². The van der Waals surface area contributed by atoms with Crippen LogP contribution in [0.1, 0.15) is 5.56 Å². The molecule has 0 fully saturated rings. The van der Waals surface area contributed by atoms with E-state index in [-0.39, 0.29) is 5.75 Å². The van der Waals surface area contributed by atoms with E-state index in [4.69, 9.17) is 10.00 Å². The van der Waals surface area contributed by atoms with Crippen molar-refractivity contribution >= 4 is 21.4 Å². The molecule has 4 heteroatoms. The monoisotopic (exact) mass is 207 g/mol. The lowest BCUT2D eigenvalue weighted by Crippen LogP contribution is -1.89. The van der Waals surface area contributed by atoms with E-state index in [0.29, 0.717) is 10.3 Å². The topological polar surface area (TPSA) is 33.0 Å². The summed E-state index contributed by atoms with van der Waals surface area (Å²) in [7, 11) is 1.42. The van der Waals surface area contributed by atoms with Gasteiger partial charge in [0.1, 0.15) is 0 Å². The lowest BCUT2D eigenvalue weighted by atomic mass is 10.1. The first-order chi connectivity index (χ1) is 6.77. The summed E-state index contributed by atoms with van der Waals surface area (Å²) in [6, 6.07) is 4.95. The van der Waals surface area contributed by atoms with E-state index in [0.717, 1.165) is 5.39 Å². The van der Waals surface area contributed by atoms with Crippen molar-refractivity contribution in [3.8, 4) is 11.8 Å². The third kappa shape index (κ3) is 1.14. The first kappa shape index (κ1) is 8.97. The second-order valence-electron chi connectivity index (χ2n) is 2.71. The first-order valence-electron chi connectivity index (χ1n) is 3.91. The van der Waals surface area contributed by atoms with Crippen LogP contribution in [0.25, 0.3) is 10.1 Å². The molecule has 0 radical (unpaired) electrons. The largest absolute Gasteiger partial charge is 0.492 e. The van der Waals surface area contributed by atoms with E-state index in [1.165, 1.54) is 24.5 Å². The minimum atomic E-state index is -0.487. The highest BCUT2D eigenvalue weighted by atomic mass is 32.1. The van der Waals surface area contributed by atoms with Crippen molar-refractivity contribution in [2.24, 2.45) is 0 Å². The molecule has 0 aliphatic rings. The fourth-order valence-corrected chi connectivity index (χ4v) is 2.29. The normalized spacial score (nSPS) is 10.1. The Bertz CT molecular complexity index is 527. The van der Waals surface area contributed by atoms with E-state index in [1.807, 2.05) is 11.4 Å². The van der Waals surface area contributed by atoms with Crippen LogP contribution in [-0.2, 0) is 0 Å². The number of rotatable bonds is 1. The Labute approximate surface area is 84.2 Å². The number of fused-ring (bicyclic) bond motifs is 1. The van der Waals surface area contributed by atoms with Gasteiger partial charge in [-0.25, -0.2) is 4.39 Å². The van der Waals surface area contributed by atoms with Gasteiger partial charge in [0.05, 0.1) is 23.4 Å². The Morgan fingerprint density at radius 1 is 1.57 bits per heavy atom. The smallest absolute Gasteiger partial charge is 0.172 e. The van der Waals surface area contributed by atoms with Gasteiger partial charge in [-0.2, -0.15) is 5.26 Å². The summed E-state index contributed by atoms with van der Waals surface area (Å²) in [6.45, 7) is 0. The summed E-state index contributed by atoms with van der Waals surface area (Å²) in [6.07, 6.45) is 0. The number of thiophene rings is 1. The van der Waals surface area contributed by atoms with Gasteiger partial charge in [0.2, 0.25) is 0 Å². The Morgan fingerprint density at radius 2 is 2.36 bits per heavy atom. The third-order valence-corrected chi connectivity index (χ3v) is 2.89. The van der Waals surface area contributed by atoms with Crippen LogP contribution >= 0.6 is 11.3 Å². The second-order valence-corrected chi connectivity index (χ2v) is 3.63. The van der Waals surface area contributed by atoms with Gasteiger partial charge in [-0.1, -0.05) is 0 Å². The fraction of sp³-hybridized carbons (Fsp3) is 0.100. The van der Waals surface area contributed by atoms with E-state index in [1.54, 1.807) is 6.07 Å². The zero-order valence-electron chi connectivity index (χ0n) is 7.37. The fourth-order valence-electron chi connectivity index (χ4n) is 1.36.